The smallest absolute Gasteiger partial charge is 0.165 e. The predicted molar refractivity (Wildman–Crippen MR) is 64.1 cm³/mol. The van der Waals surface area contributed by atoms with Crippen molar-refractivity contribution in [1.82, 2.24) is 5.32 Å². The van der Waals surface area contributed by atoms with Crippen molar-refractivity contribution in [3.8, 4) is 5.75 Å². The lowest BCUT2D eigenvalue weighted by atomic mass is 10.2. The minimum Gasteiger partial charge on any atom is -0.484 e. The van der Waals surface area contributed by atoms with Crippen LogP contribution in [0.15, 0.2) is 30.9 Å². The summed E-state index contributed by atoms with van der Waals surface area (Å²) in [5, 5.41) is 3.14. The third-order valence-electron chi connectivity index (χ3n) is 2.22. The lowest BCUT2D eigenvalue weighted by molar-refractivity contribution is 0.257. The van der Waals surface area contributed by atoms with Crippen molar-refractivity contribution in [1.29, 1.82) is 0 Å². The number of nitrogens with one attached hydrogen (secondary N) is 1. The fourth-order valence-corrected chi connectivity index (χ4v) is 1.27. The lowest BCUT2D eigenvalue weighted by Crippen LogP contribution is -2.12. The van der Waals surface area contributed by atoms with Crippen LogP contribution in [0.4, 0.5) is 4.39 Å². The highest BCUT2D eigenvalue weighted by atomic mass is 19.1. The van der Waals surface area contributed by atoms with Gasteiger partial charge in [-0.3, -0.25) is 0 Å². The second-order valence-electron chi connectivity index (χ2n) is 3.60. The van der Waals surface area contributed by atoms with Crippen LogP contribution in [0, 0.1) is 5.82 Å². The van der Waals surface area contributed by atoms with E-state index in [1.165, 1.54) is 6.07 Å². The Morgan fingerprint density at radius 2 is 2.31 bits per heavy atom. The van der Waals surface area contributed by atoms with Crippen molar-refractivity contribution < 1.29 is 9.13 Å². The Hall–Kier alpha value is -1.35. The standard InChI is InChI=1S/C13H18FNO/c1-4-10(3)16-13-7-6-11(8-12(13)14)9-15-5-2/h4,6-8,10,15H,1,5,9H2,2-3H3. The van der Waals surface area contributed by atoms with Crippen LogP contribution in [0.1, 0.15) is 19.4 Å². The molecule has 3 heteroatoms. The van der Waals surface area contributed by atoms with Crippen molar-refractivity contribution in [2.45, 2.75) is 26.5 Å². The van der Waals surface area contributed by atoms with Crippen molar-refractivity contribution in [2.75, 3.05) is 6.54 Å². The van der Waals surface area contributed by atoms with Crippen LogP contribution in [0.25, 0.3) is 0 Å². The minimum atomic E-state index is -0.330. The molecule has 0 spiro atoms. The average molecular weight is 223 g/mol. The molecule has 16 heavy (non-hydrogen) atoms. The van der Waals surface area contributed by atoms with E-state index >= 15 is 0 Å². The fourth-order valence-electron chi connectivity index (χ4n) is 1.27. The van der Waals surface area contributed by atoms with Gasteiger partial charge in [-0.05, 0) is 31.2 Å². The number of rotatable bonds is 6. The molecule has 0 amide bonds. The maximum Gasteiger partial charge on any atom is 0.165 e. The fraction of sp³-hybridized carbons (Fsp3) is 0.385. The van der Waals surface area contributed by atoms with E-state index in [1.807, 2.05) is 19.9 Å². The summed E-state index contributed by atoms with van der Waals surface area (Å²) in [5.74, 6) is -0.0586. The summed E-state index contributed by atoms with van der Waals surface area (Å²) >= 11 is 0. The van der Waals surface area contributed by atoms with Gasteiger partial charge < -0.3 is 10.1 Å². The van der Waals surface area contributed by atoms with Gasteiger partial charge >= 0.3 is 0 Å². The van der Waals surface area contributed by atoms with Gasteiger partial charge in [-0.15, -0.1) is 0 Å². The summed E-state index contributed by atoms with van der Waals surface area (Å²) in [5.41, 5.74) is 0.915. The zero-order chi connectivity index (χ0) is 12.0. The molecule has 1 aromatic rings. The van der Waals surface area contributed by atoms with Crippen molar-refractivity contribution in [2.24, 2.45) is 0 Å². The van der Waals surface area contributed by atoms with Gasteiger partial charge in [0.05, 0.1) is 0 Å². The van der Waals surface area contributed by atoms with E-state index in [1.54, 1.807) is 12.1 Å². The summed E-state index contributed by atoms with van der Waals surface area (Å²) in [6, 6.07) is 5.01. The second kappa shape index (κ2) is 6.28. The van der Waals surface area contributed by atoms with Gasteiger partial charge in [-0.1, -0.05) is 25.6 Å². The normalized spacial score (nSPS) is 12.2. The van der Waals surface area contributed by atoms with Crippen LogP contribution in [-0.2, 0) is 6.54 Å². The van der Waals surface area contributed by atoms with Gasteiger partial charge in [0.25, 0.3) is 0 Å². The molecule has 0 heterocycles. The van der Waals surface area contributed by atoms with E-state index in [-0.39, 0.29) is 17.7 Å². The number of ether oxygens (including phenoxy) is 1. The minimum absolute atomic E-state index is 0.186. The molecule has 0 aliphatic carbocycles. The zero-order valence-corrected chi connectivity index (χ0v) is 9.79. The van der Waals surface area contributed by atoms with E-state index in [9.17, 15) is 4.39 Å². The lowest BCUT2D eigenvalue weighted by Gasteiger charge is -2.12. The van der Waals surface area contributed by atoms with E-state index in [0.29, 0.717) is 6.54 Å². The Kier molecular flexibility index (Phi) is 4.99. The number of hydrogen-bond acceptors (Lipinski definition) is 2. The molecular weight excluding hydrogens is 205 g/mol. The first kappa shape index (κ1) is 12.7. The Bertz CT molecular complexity index is 352. The highest BCUT2D eigenvalue weighted by Crippen LogP contribution is 2.19. The van der Waals surface area contributed by atoms with Crippen molar-refractivity contribution in [3.63, 3.8) is 0 Å². The van der Waals surface area contributed by atoms with E-state index in [0.717, 1.165) is 12.1 Å². The van der Waals surface area contributed by atoms with E-state index in [4.69, 9.17) is 4.74 Å². The zero-order valence-electron chi connectivity index (χ0n) is 9.79. The van der Waals surface area contributed by atoms with Crippen molar-refractivity contribution >= 4 is 0 Å². The molecule has 0 aliphatic rings. The Morgan fingerprint density at radius 1 is 1.56 bits per heavy atom. The van der Waals surface area contributed by atoms with Gasteiger partial charge in [-0.25, -0.2) is 4.39 Å². The maximum absolute atomic E-state index is 13.6. The molecule has 0 saturated heterocycles. The highest BCUT2D eigenvalue weighted by molar-refractivity contribution is 5.29. The molecule has 0 fully saturated rings. The molecule has 1 rings (SSSR count). The summed E-state index contributed by atoms with van der Waals surface area (Å²) in [6.45, 7) is 8.96. The van der Waals surface area contributed by atoms with Gasteiger partial charge in [0.15, 0.2) is 11.6 Å². The third-order valence-corrected chi connectivity index (χ3v) is 2.22. The van der Waals surface area contributed by atoms with Crippen LogP contribution < -0.4 is 10.1 Å². The Balaban J connectivity index is 2.71. The van der Waals surface area contributed by atoms with Crippen LogP contribution in [0.2, 0.25) is 0 Å². The Labute approximate surface area is 96.1 Å². The van der Waals surface area contributed by atoms with E-state index < -0.39 is 0 Å². The number of halogens is 1. The summed E-state index contributed by atoms with van der Waals surface area (Å²) in [7, 11) is 0. The van der Waals surface area contributed by atoms with E-state index in [2.05, 4.69) is 11.9 Å². The molecule has 88 valence electrons. The van der Waals surface area contributed by atoms with Crippen LogP contribution in [-0.4, -0.2) is 12.6 Å². The Morgan fingerprint density at radius 3 is 2.88 bits per heavy atom. The molecule has 2 nitrogen and oxygen atoms in total. The van der Waals surface area contributed by atoms with Gasteiger partial charge in [0.1, 0.15) is 6.10 Å². The SMILES string of the molecule is C=CC(C)Oc1ccc(CNCC)cc1F. The third kappa shape index (κ3) is 3.66. The summed E-state index contributed by atoms with van der Waals surface area (Å²) in [4.78, 5) is 0. The van der Waals surface area contributed by atoms with Crippen LogP contribution in [0.3, 0.4) is 0 Å². The summed E-state index contributed by atoms with van der Waals surface area (Å²) in [6.07, 6.45) is 1.44. The quantitative estimate of drug-likeness (QED) is 0.749. The molecule has 0 aliphatic heterocycles. The molecule has 1 N–H and O–H groups in total. The number of benzene rings is 1. The van der Waals surface area contributed by atoms with Crippen molar-refractivity contribution in [3.05, 3.63) is 42.2 Å². The first-order chi connectivity index (χ1) is 7.67. The largest absolute Gasteiger partial charge is 0.484 e. The number of hydrogen-bond donors (Lipinski definition) is 1. The molecule has 1 unspecified atom stereocenters. The monoisotopic (exact) mass is 223 g/mol. The topological polar surface area (TPSA) is 21.3 Å². The molecule has 0 aromatic heterocycles. The first-order valence-electron chi connectivity index (χ1n) is 5.45. The molecule has 1 aromatic carbocycles. The molecule has 0 saturated carbocycles. The average Bonchev–Trinajstić information content (AvgIpc) is 2.29. The van der Waals surface area contributed by atoms with Gasteiger partial charge in [0, 0.05) is 6.54 Å². The van der Waals surface area contributed by atoms with Gasteiger partial charge in [0.2, 0.25) is 0 Å². The summed E-state index contributed by atoms with van der Waals surface area (Å²) < 4.78 is 18.9. The molecule has 0 bridgehead atoms. The molecule has 1 atom stereocenters. The van der Waals surface area contributed by atoms with Crippen LogP contribution >= 0.6 is 0 Å². The second-order valence-corrected chi connectivity index (χ2v) is 3.60. The first-order valence-corrected chi connectivity index (χ1v) is 5.45. The highest BCUT2D eigenvalue weighted by Gasteiger charge is 2.06. The predicted octanol–water partition coefficient (Wildman–Crippen LogP) is 2.89. The maximum atomic E-state index is 13.6. The molecule has 0 radical (unpaired) electrons. The molecular formula is C13H18FNO. The van der Waals surface area contributed by atoms with Gasteiger partial charge in [-0.2, -0.15) is 0 Å². The van der Waals surface area contributed by atoms with Crippen LogP contribution in [0.5, 0.6) is 5.75 Å².